The molecule has 2 fully saturated rings. The number of aromatic nitrogens is 3. The van der Waals surface area contributed by atoms with Gasteiger partial charge in [-0.25, -0.2) is 4.98 Å². The molecule has 98 valence electrons. The number of fused-ring (bicyclic) bond motifs is 3. The van der Waals surface area contributed by atoms with E-state index in [4.69, 9.17) is 0 Å². The topological polar surface area (TPSA) is 50.7 Å². The molecule has 0 saturated heterocycles. The maximum atomic E-state index is 4.56. The molecular weight excluding hydrogens is 304 g/mol. The van der Waals surface area contributed by atoms with Crippen molar-refractivity contribution in [1.29, 1.82) is 0 Å². The lowest BCUT2D eigenvalue weighted by molar-refractivity contribution is 0.437. The molecule has 0 amide bonds. The molecule has 0 aliphatic heterocycles. The van der Waals surface area contributed by atoms with E-state index in [1.807, 2.05) is 18.2 Å². The van der Waals surface area contributed by atoms with Crippen molar-refractivity contribution in [1.82, 2.24) is 15.2 Å². The van der Waals surface area contributed by atoms with Gasteiger partial charge in [0.25, 0.3) is 0 Å². The van der Waals surface area contributed by atoms with Crippen LogP contribution in [-0.2, 0) is 0 Å². The Morgan fingerprint density at radius 2 is 2.05 bits per heavy atom. The summed E-state index contributed by atoms with van der Waals surface area (Å²) in [5, 5.41) is 11.9. The van der Waals surface area contributed by atoms with Gasteiger partial charge in [0.05, 0.1) is 5.52 Å². The molecule has 3 atom stereocenters. The molecule has 0 radical (unpaired) electrons. The summed E-state index contributed by atoms with van der Waals surface area (Å²) in [4.78, 5) is 4.56. The number of hydrogen-bond acceptors (Lipinski definition) is 4. The second-order valence-electron chi connectivity index (χ2n) is 5.69. The second-order valence-corrected chi connectivity index (χ2v) is 6.61. The van der Waals surface area contributed by atoms with Crippen molar-refractivity contribution >= 4 is 32.9 Å². The number of halogens is 1. The van der Waals surface area contributed by atoms with E-state index >= 15 is 0 Å². The molecule has 2 aromatic rings. The van der Waals surface area contributed by atoms with Crippen LogP contribution in [0.5, 0.6) is 0 Å². The van der Waals surface area contributed by atoms with Crippen LogP contribution in [0.1, 0.15) is 25.7 Å². The third kappa shape index (κ3) is 2.10. The van der Waals surface area contributed by atoms with E-state index < -0.39 is 0 Å². The molecule has 5 heteroatoms. The molecule has 4 rings (SSSR count). The quantitative estimate of drug-likeness (QED) is 0.922. The van der Waals surface area contributed by atoms with Gasteiger partial charge in [0.15, 0.2) is 0 Å². The van der Waals surface area contributed by atoms with Crippen molar-refractivity contribution in [3.8, 4) is 0 Å². The maximum absolute atomic E-state index is 4.56. The van der Waals surface area contributed by atoms with Crippen LogP contribution in [-0.4, -0.2) is 21.2 Å². The molecule has 1 N–H and O–H groups in total. The molecule has 4 nitrogen and oxygen atoms in total. The van der Waals surface area contributed by atoms with Crippen LogP contribution in [0, 0.1) is 11.8 Å². The average molecular weight is 319 g/mol. The van der Waals surface area contributed by atoms with E-state index in [1.165, 1.54) is 25.7 Å². The minimum atomic E-state index is 0.549. The Morgan fingerprint density at radius 1 is 1.11 bits per heavy atom. The summed E-state index contributed by atoms with van der Waals surface area (Å²) in [6.45, 7) is 0. The van der Waals surface area contributed by atoms with E-state index in [2.05, 4.69) is 36.4 Å². The first-order valence-corrected chi connectivity index (χ1v) is 7.64. The van der Waals surface area contributed by atoms with E-state index in [9.17, 15) is 0 Å². The molecule has 2 aliphatic carbocycles. The minimum absolute atomic E-state index is 0.549. The van der Waals surface area contributed by atoms with Crippen LogP contribution in [0.15, 0.2) is 22.7 Å². The van der Waals surface area contributed by atoms with E-state index in [0.717, 1.165) is 27.3 Å². The zero-order valence-corrected chi connectivity index (χ0v) is 12.1. The van der Waals surface area contributed by atoms with Gasteiger partial charge in [-0.2, -0.15) is 0 Å². The van der Waals surface area contributed by atoms with Gasteiger partial charge in [0, 0.05) is 10.5 Å². The van der Waals surface area contributed by atoms with Gasteiger partial charge >= 0.3 is 0 Å². The highest BCUT2D eigenvalue weighted by Gasteiger charge is 2.39. The molecule has 2 bridgehead atoms. The summed E-state index contributed by atoms with van der Waals surface area (Å²) in [5.41, 5.74) is 1.72. The fourth-order valence-electron chi connectivity index (χ4n) is 3.56. The minimum Gasteiger partial charge on any atom is -0.350 e. The predicted molar refractivity (Wildman–Crippen MR) is 77.9 cm³/mol. The molecular formula is C14H15BrN4. The van der Waals surface area contributed by atoms with Crippen LogP contribution >= 0.6 is 15.9 Å². The summed E-state index contributed by atoms with van der Waals surface area (Å²) in [6, 6.07) is 6.45. The van der Waals surface area contributed by atoms with E-state index in [0.29, 0.717) is 12.0 Å². The first-order chi connectivity index (χ1) is 9.28. The second kappa shape index (κ2) is 4.40. The molecule has 1 aromatic heterocycles. The van der Waals surface area contributed by atoms with E-state index in [-0.39, 0.29) is 0 Å². The van der Waals surface area contributed by atoms with E-state index in [1.54, 1.807) is 0 Å². The van der Waals surface area contributed by atoms with Crippen molar-refractivity contribution in [2.24, 2.45) is 11.8 Å². The highest BCUT2D eigenvalue weighted by atomic mass is 79.9. The molecule has 0 spiro atoms. The van der Waals surface area contributed by atoms with Crippen LogP contribution in [0.4, 0.5) is 5.95 Å². The lowest BCUT2D eigenvalue weighted by Gasteiger charge is -2.22. The van der Waals surface area contributed by atoms with Crippen LogP contribution in [0.2, 0.25) is 0 Å². The maximum Gasteiger partial charge on any atom is 0.243 e. The lowest BCUT2D eigenvalue weighted by Crippen LogP contribution is -2.27. The van der Waals surface area contributed by atoms with Gasteiger partial charge in [-0.1, -0.05) is 22.4 Å². The first kappa shape index (κ1) is 11.6. The van der Waals surface area contributed by atoms with Crippen molar-refractivity contribution in [3.63, 3.8) is 0 Å². The smallest absolute Gasteiger partial charge is 0.243 e. The van der Waals surface area contributed by atoms with Gasteiger partial charge in [-0.15, -0.1) is 10.2 Å². The van der Waals surface area contributed by atoms with Gasteiger partial charge in [0.2, 0.25) is 5.95 Å². The number of anilines is 1. The Morgan fingerprint density at radius 3 is 2.84 bits per heavy atom. The highest BCUT2D eigenvalue weighted by Crippen LogP contribution is 2.45. The summed E-state index contributed by atoms with van der Waals surface area (Å²) in [5.74, 6) is 2.41. The Balaban J connectivity index is 1.60. The Bertz CT molecular complexity index is 630. The lowest BCUT2D eigenvalue weighted by atomic mass is 9.95. The van der Waals surface area contributed by atoms with Crippen molar-refractivity contribution < 1.29 is 0 Å². The predicted octanol–water partition coefficient (Wildman–Crippen LogP) is 3.39. The average Bonchev–Trinajstić information content (AvgIpc) is 3.01. The SMILES string of the molecule is Brc1ccc2nc(N[C@@H]3C[C@H]4CC[C@@H]3C4)nnc2c1. The summed E-state index contributed by atoms with van der Waals surface area (Å²) < 4.78 is 1.00. The Labute approximate surface area is 120 Å². The normalized spacial score (nSPS) is 29.0. The number of hydrogen-bond donors (Lipinski definition) is 1. The molecule has 2 saturated carbocycles. The number of rotatable bonds is 2. The zero-order chi connectivity index (χ0) is 12.8. The van der Waals surface area contributed by atoms with Gasteiger partial charge in [-0.3, -0.25) is 0 Å². The highest BCUT2D eigenvalue weighted by molar-refractivity contribution is 9.10. The fraction of sp³-hybridized carbons (Fsp3) is 0.500. The molecule has 2 aliphatic rings. The summed E-state index contributed by atoms with van der Waals surface area (Å²) in [7, 11) is 0. The standard InChI is InChI=1S/C14H15BrN4/c15-10-3-4-11-13(7-10)18-19-14(16-11)17-12-6-8-1-2-9(12)5-8/h3-4,7-9,12H,1-2,5-6H2,(H,16,17,19)/t8-,9+,12+/m0/s1. The van der Waals surface area contributed by atoms with Gasteiger partial charge in [0.1, 0.15) is 5.52 Å². The van der Waals surface area contributed by atoms with Crippen LogP contribution in [0.25, 0.3) is 11.0 Å². The molecule has 1 aromatic carbocycles. The monoisotopic (exact) mass is 318 g/mol. The van der Waals surface area contributed by atoms with Crippen molar-refractivity contribution in [3.05, 3.63) is 22.7 Å². The summed E-state index contributed by atoms with van der Waals surface area (Å²) in [6.07, 6.45) is 5.42. The molecule has 0 unspecified atom stereocenters. The zero-order valence-electron chi connectivity index (χ0n) is 10.5. The van der Waals surface area contributed by atoms with Gasteiger partial charge < -0.3 is 5.32 Å². The van der Waals surface area contributed by atoms with Crippen molar-refractivity contribution in [2.75, 3.05) is 5.32 Å². The third-order valence-electron chi connectivity index (χ3n) is 4.47. The molecule has 19 heavy (non-hydrogen) atoms. The van der Waals surface area contributed by atoms with Crippen molar-refractivity contribution in [2.45, 2.75) is 31.7 Å². The third-order valence-corrected chi connectivity index (χ3v) is 4.96. The largest absolute Gasteiger partial charge is 0.350 e. The fourth-order valence-corrected chi connectivity index (χ4v) is 3.91. The number of nitrogens with one attached hydrogen (secondary N) is 1. The first-order valence-electron chi connectivity index (χ1n) is 6.84. The Hall–Kier alpha value is -1.23. The van der Waals surface area contributed by atoms with Crippen LogP contribution < -0.4 is 5.32 Å². The Kier molecular flexibility index (Phi) is 2.69. The molecule has 1 heterocycles. The number of benzene rings is 1. The summed E-state index contributed by atoms with van der Waals surface area (Å²) >= 11 is 3.43. The van der Waals surface area contributed by atoms with Gasteiger partial charge in [-0.05, 0) is 49.3 Å². The number of nitrogens with zero attached hydrogens (tertiary/aromatic N) is 3. The van der Waals surface area contributed by atoms with Crippen LogP contribution in [0.3, 0.4) is 0 Å².